The smallest absolute Gasteiger partial charge is 0.244 e. The molecule has 1 aromatic heterocycles. The normalized spacial score (nSPS) is 22.4. The summed E-state index contributed by atoms with van der Waals surface area (Å²) >= 11 is 0. The summed E-state index contributed by atoms with van der Waals surface area (Å²) in [5.41, 5.74) is 1.65. The molecule has 0 unspecified atom stereocenters. The maximum atomic E-state index is 13.3. The van der Waals surface area contributed by atoms with Crippen LogP contribution in [0.5, 0.6) is 0 Å². The molecule has 1 aliphatic heterocycles. The van der Waals surface area contributed by atoms with Crippen molar-refractivity contribution in [3.8, 4) is 0 Å². The SMILES string of the molecule is C[C@H](N[C@H]1C[C@@H](C)N(c2ccccc2)C1=O)c1cncc(F)c1. The fourth-order valence-corrected chi connectivity index (χ4v) is 3.11. The third kappa shape index (κ3) is 3.24. The summed E-state index contributed by atoms with van der Waals surface area (Å²) in [5.74, 6) is -0.312. The van der Waals surface area contributed by atoms with Crippen LogP contribution in [0.1, 0.15) is 31.9 Å². The molecule has 0 spiro atoms. The Morgan fingerprint density at radius 2 is 2.04 bits per heavy atom. The number of amides is 1. The summed E-state index contributed by atoms with van der Waals surface area (Å²) in [6, 6.07) is 10.8. The molecule has 2 heterocycles. The van der Waals surface area contributed by atoms with E-state index in [0.717, 1.165) is 17.7 Å². The van der Waals surface area contributed by atoms with E-state index in [1.165, 1.54) is 12.3 Å². The quantitative estimate of drug-likeness (QED) is 0.943. The second-order valence-electron chi connectivity index (χ2n) is 6.01. The number of carbonyl (C=O) groups is 1. The lowest BCUT2D eigenvalue weighted by molar-refractivity contribution is -0.119. The molecule has 2 aromatic rings. The van der Waals surface area contributed by atoms with Crippen LogP contribution >= 0.6 is 0 Å². The van der Waals surface area contributed by atoms with Crippen LogP contribution in [0.3, 0.4) is 0 Å². The van der Waals surface area contributed by atoms with Gasteiger partial charge in [0.15, 0.2) is 0 Å². The van der Waals surface area contributed by atoms with E-state index >= 15 is 0 Å². The zero-order valence-corrected chi connectivity index (χ0v) is 13.2. The van der Waals surface area contributed by atoms with Gasteiger partial charge < -0.3 is 4.90 Å². The monoisotopic (exact) mass is 313 g/mol. The Hall–Kier alpha value is -2.27. The van der Waals surface area contributed by atoms with Gasteiger partial charge in [0.2, 0.25) is 5.91 Å². The number of nitrogens with one attached hydrogen (secondary N) is 1. The summed E-state index contributed by atoms with van der Waals surface area (Å²) in [6.07, 6.45) is 3.52. The third-order valence-electron chi connectivity index (χ3n) is 4.26. The number of anilines is 1. The van der Waals surface area contributed by atoms with Crippen LogP contribution in [-0.4, -0.2) is 23.0 Å². The topological polar surface area (TPSA) is 45.2 Å². The molecule has 1 aromatic carbocycles. The van der Waals surface area contributed by atoms with Gasteiger partial charge in [-0.25, -0.2) is 4.39 Å². The Kier molecular flexibility index (Phi) is 4.39. The predicted octanol–water partition coefficient (Wildman–Crippen LogP) is 3.07. The molecule has 0 radical (unpaired) electrons. The van der Waals surface area contributed by atoms with Gasteiger partial charge in [0.25, 0.3) is 0 Å². The zero-order chi connectivity index (χ0) is 16.4. The molecule has 3 rings (SSSR count). The number of halogens is 1. The van der Waals surface area contributed by atoms with E-state index in [9.17, 15) is 9.18 Å². The summed E-state index contributed by atoms with van der Waals surface area (Å²) in [4.78, 5) is 18.4. The van der Waals surface area contributed by atoms with Crippen LogP contribution in [0, 0.1) is 5.82 Å². The number of hydrogen-bond acceptors (Lipinski definition) is 3. The number of aromatic nitrogens is 1. The molecule has 23 heavy (non-hydrogen) atoms. The summed E-state index contributed by atoms with van der Waals surface area (Å²) in [7, 11) is 0. The maximum absolute atomic E-state index is 13.3. The van der Waals surface area contributed by atoms with Crippen LogP contribution in [0.2, 0.25) is 0 Å². The molecular formula is C18H20FN3O. The van der Waals surface area contributed by atoms with E-state index in [-0.39, 0.29) is 29.8 Å². The highest BCUT2D eigenvalue weighted by atomic mass is 19.1. The van der Waals surface area contributed by atoms with Crippen molar-refractivity contribution in [2.75, 3.05) is 4.90 Å². The van der Waals surface area contributed by atoms with Crippen molar-refractivity contribution < 1.29 is 9.18 Å². The number of rotatable bonds is 4. The van der Waals surface area contributed by atoms with Crippen molar-refractivity contribution in [2.24, 2.45) is 0 Å². The molecule has 5 heteroatoms. The first-order valence-corrected chi connectivity index (χ1v) is 7.81. The Labute approximate surface area is 135 Å². The minimum Gasteiger partial charge on any atom is -0.308 e. The minimum absolute atomic E-state index is 0.0555. The van der Waals surface area contributed by atoms with Crippen molar-refractivity contribution in [3.05, 3.63) is 60.2 Å². The second kappa shape index (κ2) is 6.46. The van der Waals surface area contributed by atoms with E-state index in [2.05, 4.69) is 10.3 Å². The van der Waals surface area contributed by atoms with E-state index in [1.54, 1.807) is 6.20 Å². The van der Waals surface area contributed by atoms with Crippen LogP contribution in [-0.2, 0) is 4.79 Å². The average molecular weight is 313 g/mol. The largest absolute Gasteiger partial charge is 0.308 e. The summed E-state index contributed by atoms with van der Waals surface area (Å²) in [6.45, 7) is 3.96. The Morgan fingerprint density at radius 1 is 1.30 bits per heavy atom. The second-order valence-corrected chi connectivity index (χ2v) is 6.01. The Balaban J connectivity index is 1.74. The summed E-state index contributed by atoms with van der Waals surface area (Å²) < 4.78 is 13.3. The molecule has 1 saturated heterocycles. The first-order chi connectivity index (χ1) is 11.1. The first-order valence-electron chi connectivity index (χ1n) is 7.81. The van der Waals surface area contributed by atoms with Crippen LogP contribution in [0.4, 0.5) is 10.1 Å². The molecule has 0 bridgehead atoms. The van der Waals surface area contributed by atoms with Crippen molar-refractivity contribution >= 4 is 11.6 Å². The Morgan fingerprint density at radius 3 is 2.74 bits per heavy atom. The fourth-order valence-electron chi connectivity index (χ4n) is 3.11. The number of hydrogen-bond donors (Lipinski definition) is 1. The molecule has 4 nitrogen and oxygen atoms in total. The lowest BCUT2D eigenvalue weighted by Gasteiger charge is -2.22. The standard InChI is InChI=1S/C18H20FN3O/c1-12-8-17(18(23)22(12)16-6-4-3-5-7-16)21-13(2)14-9-15(19)11-20-10-14/h3-7,9-13,17,21H,8H2,1-2H3/t12-,13+,17+/m1/s1. The van der Waals surface area contributed by atoms with Gasteiger partial charge in [0.1, 0.15) is 5.82 Å². The van der Waals surface area contributed by atoms with Crippen molar-refractivity contribution in [1.82, 2.24) is 10.3 Å². The average Bonchev–Trinajstić information content (AvgIpc) is 2.82. The van der Waals surface area contributed by atoms with Gasteiger partial charge in [-0.05, 0) is 44.0 Å². The molecule has 120 valence electrons. The molecule has 1 N–H and O–H groups in total. The molecular weight excluding hydrogens is 293 g/mol. The number of benzene rings is 1. The molecule has 0 saturated carbocycles. The van der Waals surface area contributed by atoms with E-state index in [0.29, 0.717) is 0 Å². The van der Waals surface area contributed by atoms with E-state index < -0.39 is 0 Å². The first kappa shape index (κ1) is 15.6. The van der Waals surface area contributed by atoms with Gasteiger partial charge in [-0.1, -0.05) is 18.2 Å². The van der Waals surface area contributed by atoms with Gasteiger partial charge in [-0.3, -0.25) is 15.1 Å². The van der Waals surface area contributed by atoms with Gasteiger partial charge in [-0.15, -0.1) is 0 Å². The van der Waals surface area contributed by atoms with Crippen molar-refractivity contribution in [1.29, 1.82) is 0 Å². The molecule has 0 aliphatic carbocycles. The van der Waals surface area contributed by atoms with Gasteiger partial charge in [0, 0.05) is 24.0 Å². The van der Waals surface area contributed by atoms with Crippen molar-refractivity contribution in [3.63, 3.8) is 0 Å². The lowest BCUT2D eigenvalue weighted by Crippen LogP contribution is -2.40. The highest BCUT2D eigenvalue weighted by molar-refractivity contribution is 6.00. The number of carbonyl (C=O) groups excluding carboxylic acids is 1. The van der Waals surface area contributed by atoms with Gasteiger partial charge in [0.05, 0.1) is 12.2 Å². The summed E-state index contributed by atoms with van der Waals surface area (Å²) in [5, 5.41) is 3.30. The van der Waals surface area contributed by atoms with Gasteiger partial charge >= 0.3 is 0 Å². The number of pyridine rings is 1. The van der Waals surface area contributed by atoms with Crippen LogP contribution in [0.25, 0.3) is 0 Å². The molecule has 1 amide bonds. The molecule has 1 aliphatic rings. The highest BCUT2D eigenvalue weighted by Crippen LogP contribution is 2.27. The lowest BCUT2D eigenvalue weighted by atomic mass is 10.1. The van der Waals surface area contributed by atoms with E-state index in [4.69, 9.17) is 0 Å². The van der Waals surface area contributed by atoms with Crippen LogP contribution in [0.15, 0.2) is 48.8 Å². The zero-order valence-electron chi connectivity index (χ0n) is 13.2. The predicted molar refractivity (Wildman–Crippen MR) is 87.5 cm³/mol. The van der Waals surface area contributed by atoms with Crippen molar-refractivity contribution in [2.45, 2.75) is 38.4 Å². The molecule has 1 fully saturated rings. The number of nitrogens with zero attached hydrogens (tertiary/aromatic N) is 2. The van der Waals surface area contributed by atoms with Crippen LogP contribution < -0.4 is 10.2 Å². The third-order valence-corrected chi connectivity index (χ3v) is 4.26. The number of para-hydroxylation sites is 1. The fraction of sp³-hybridized carbons (Fsp3) is 0.333. The molecule has 3 atom stereocenters. The highest BCUT2D eigenvalue weighted by Gasteiger charge is 2.38. The minimum atomic E-state index is -0.367. The Bertz CT molecular complexity index is 692. The van der Waals surface area contributed by atoms with Gasteiger partial charge in [-0.2, -0.15) is 0 Å². The maximum Gasteiger partial charge on any atom is 0.244 e. The van der Waals surface area contributed by atoms with E-state index in [1.807, 2.05) is 49.1 Å².